The predicted molar refractivity (Wildman–Crippen MR) is 122 cm³/mol. The van der Waals surface area contributed by atoms with Gasteiger partial charge in [0.15, 0.2) is 17.3 Å². The van der Waals surface area contributed by atoms with E-state index in [1.165, 1.54) is 41.5 Å². The average molecular weight is 468 g/mol. The summed E-state index contributed by atoms with van der Waals surface area (Å²) >= 11 is 1.20. The topological polar surface area (TPSA) is 76.1 Å². The zero-order valence-electron chi connectivity index (χ0n) is 18.1. The lowest BCUT2D eigenvalue weighted by atomic mass is 9.95. The van der Waals surface area contributed by atoms with Gasteiger partial charge in [0.25, 0.3) is 5.91 Å². The van der Waals surface area contributed by atoms with Crippen LogP contribution in [0.1, 0.15) is 26.8 Å². The van der Waals surface area contributed by atoms with Gasteiger partial charge in [-0.3, -0.25) is 9.59 Å². The normalized spacial score (nSPS) is 15.8. The minimum absolute atomic E-state index is 0.111. The Hall–Kier alpha value is -3.65. The molecule has 8 heteroatoms. The van der Waals surface area contributed by atoms with Crippen LogP contribution in [0.3, 0.4) is 0 Å². The quantitative estimate of drug-likeness (QED) is 0.485. The Balaban J connectivity index is 1.69. The summed E-state index contributed by atoms with van der Waals surface area (Å²) in [5.41, 5.74) is 0.896. The van der Waals surface area contributed by atoms with Gasteiger partial charge in [0.1, 0.15) is 5.82 Å². The SMILES string of the molecule is COc1ccc(CCN2C(=O)C(O)=C(C(=O)c3cccs3)C2c2ccccc2F)cc1OC. The summed E-state index contributed by atoms with van der Waals surface area (Å²) in [6, 6.07) is 13.6. The van der Waals surface area contributed by atoms with Crippen LogP contribution in [0, 0.1) is 5.82 Å². The summed E-state index contributed by atoms with van der Waals surface area (Å²) in [6.45, 7) is 0.151. The van der Waals surface area contributed by atoms with Crippen molar-refractivity contribution in [3.05, 3.63) is 93.1 Å². The van der Waals surface area contributed by atoms with E-state index in [0.29, 0.717) is 22.8 Å². The third kappa shape index (κ3) is 4.21. The molecule has 0 spiro atoms. The van der Waals surface area contributed by atoms with Crippen molar-refractivity contribution >= 4 is 23.0 Å². The summed E-state index contributed by atoms with van der Waals surface area (Å²) in [5, 5.41) is 12.4. The molecule has 1 amide bonds. The highest BCUT2D eigenvalue weighted by Crippen LogP contribution is 2.40. The molecule has 6 nitrogen and oxygen atoms in total. The molecular weight excluding hydrogens is 445 g/mol. The molecule has 0 bridgehead atoms. The van der Waals surface area contributed by atoms with E-state index in [1.54, 1.807) is 42.8 Å². The zero-order valence-corrected chi connectivity index (χ0v) is 18.9. The molecule has 0 radical (unpaired) electrons. The largest absolute Gasteiger partial charge is 0.503 e. The number of methoxy groups -OCH3 is 2. The standard InChI is InChI=1S/C25H22FNO5S/c1-31-18-10-9-15(14-19(18)32-2)11-12-27-22(16-6-3-4-7-17(16)26)21(24(29)25(27)30)23(28)20-8-5-13-33-20/h3-10,13-14,22,29H,11-12H2,1-2H3. The molecule has 2 aromatic carbocycles. The van der Waals surface area contributed by atoms with Gasteiger partial charge in [0.05, 0.1) is 30.7 Å². The van der Waals surface area contributed by atoms with Gasteiger partial charge in [-0.1, -0.05) is 30.3 Å². The first-order valence-corrected chi connectivity index (χ1v) is 11.1. The van der Waals surface area contributed by atoms with Gasteiger partial charge in [-0.05, 0) is 41.6 Å². The van der Waals surface area contributed by atoms with Gasteiger partial charge < -0.3 is 19.5 Å². The molecule has 1 atom stereocenters. The Labute approximate surface area is 194 Å². The van der Waals surface area contributed by atoms with Crippen LogP contribution in [-0.2, 0) is 11.2 Å². The molecule has 0 saturated heterocycles. The van der Waals surface area contributed by atoms with Crippen molar-refractivity contribution in [2.75, 3.05) is 20.8 Å². The average Bonchev–Trinajstić information content (AvgIpc) is 3.45. The summed E-state index contributed by atoms with van der Waals surface area (Å²) in [4.78, 5) is 27.9. The van der Waals surface area contributed by atoms with Crippen LogP contribution < -0.4 is 9.47 Å². The van der Waals surface area contributed by atoms with E-state index in [1.807, 2.05) is 6.07 Å². The lowest BCUT2D eigenvalue weighted by Gasteiger charge is -2.27. The van der Waals surface area contributed by atoms with Crippen LogP contribution in [-0.4, -0.2) is 42.5 Å². The van der Waals surface area contributed by atoms with Crippen LogP contribution in [0.5, 0.6) is 11.5 Å². The number of ketones is 1. The first-order valence-electron chi connectivity index (χ1n) is 10.2. The fourth-order valence-electron chi connectivity index (χ4n) is 3.96. The number of amides is 1. The number of benzene rings is 2. The molecule has 0 aliphatic carbocycles. The lowest BCUT2D eigenvalue weighted by molar-refractivity contribution is -0.129. The molecule has 1 aliphatic rings. The molecule has 2 heterocycles. The van der Waals surface area contributed by atoms with Gasteiger partial charge in [-0.25, -0.2) is 4.39 Å². The van der Waals surface area contributed by atoms with Gasteiger partial charge in [0.2, 0.25) is 5.78 Å². The van der Waals surface area contributed by atoms with Crippen molar-refractivity contribution in [1.29, 1.82) is 0 Å². The van der Waals surface area contributed by atoms with Gasteiger partial charge >= 0.3 is 0 Å². The smallest absolute Gasteiger partial charge is 0.290 e. The number of Topliss-reactive ketones (excluding diaryl/α,β-unsaturated/α-hetero) is 1. The molecule has 3 aromatic rings. The predicted octanol–water partition coefficient (Wildman–Crippen LogP) is 4.73. The van der Waals surface area contributed by atoms with Gasteiger partial charge in [-0.15, -0.1) is 11.3 Å². The summed E-state index contributed by atoms with van der Waals surface area (Å²) < 4.78 is 25.4. The van der Waals surface area contributed by atoms with E-state index < -0.39 is 29.3 Å². The van der Waals surface area contributed by atoms with Gasteiger partial charge in [-0.2, -0.15) is 0 Å². The number of rotatable bonds is 8. The fourth-order valence-corrected chi connectivity index (χ4v) is 4.64. The van der Waals surface area contributed by atoms with Crippen molar-refractivity contribution in [3.8, 4) is 11.5 Å². The Bertz CT molecular complexity index is 1220. The number of halogens is 1. The zero-order chi connectivity index (χ0) is 23.5. The molecule has 1 N–H and O–H groups in total. The number of carbonyl (C=O) groups excluding carboxylic acids is 2. The van der Waals surface area contributed by atoms with E-state index >= 15 is 0 Å². The third-order valence-corrected chi connectivity index (χ3v) is 6.45. The number of hydrogen-bond acceptors (Lipinski definition) is 6. The Morgan fingerprint density at radius 1 is 1.09 bits per heavy atom. The molecular formula is C25H22FNO5S. The number of aliphatic hydroxyl groups excluding tert-OH is 1. The molecule has 0 saturated carbocycles. The van der Waals surface area contributed by atoms with E-state index in [4.69, 9.17) is 9.47 Å². The number of aliphatic hydroxyl groups is 1. The monoisotopic (exact) mass is 467 g/mol. The first kappa shape index (κ1) is 22.5. The Kier molecular flexibility index (Phi) is 6.46. The molecule has 1 aliphatic heterocycles. The van der Waals surface area contributed by atoms with Gasteiger partial charge in [0, 0.05) is 12.1 Å². The van der Waals surface area contributed by atoms with E-state index in [2.05, 4.69) is 0 Å². The molecule has 4 rings (SSSR count). The highest BCUT2D eigenvalue weighted by Gasteiger charge is 2.44. The highest BCUT2D eigenvalue weighted by molar-refractivity contribution is 7.12. The maximum atomic E-state index is 14.8. The first-order chi connectivity index (χ1) is 16.0. The number of hydrogen-bond donors (Lipinski definition) is 1. The van der Waals surface area contributed by atoms with Crippen molar-refractivity contribution in [2.45, 2.75) is 12.5 Å². The summed E-state index contributed by atoms with van der Waals surface area (Å²) in [7, 11) is 3.07. The maximum Gasteiger partial charge on any atom is 0.290 e. The second kappa shape index (κ2) is 9.46. The minimum atomic E-state index is -1.03. The van der Waals surface area contributed by atoms with Crippen molar-refractivity contribution < 1.29 is 28.6 Å². The van der Waals surface area contributed by atoms with Crippen LogP contribution in [0.15, 0.2) is 71.3 Å². The van der Waals surface area contributed by atoms with E-state index in [9.17, 15) is 19.1 Å². The van der Waals surface area contributed by atoms with E-state index in [-0.39, 0.29) is 17.7 Å². The fraction of sp³-hybridized carbons (Fsp3) is 0.200. The number of thiophene rings is 1. The molecule has 33 heavy (non-hydrogen) atoms. The molecule has 1 aromatic heterocycles. The highest BCUT2D eigenvalue weighted by atomic mass is 32.1. The lowest BCUT2D eigenvalue weighted by Crippen LogP contribution is -2.33. The van der Waals surface area contributed by atoms with Crippen molar-refractivity contribution in [1.82, 2.24) is 4.90 Å². The molecule has 1 unspecified atom stereocenters. The third-order valence-electron chi connectivity index (χ3n) is 5.58. The summed E-state index contributed by atoms with van der Waals surface area (Å²) in [5.74, 6) is -1.28. The number of carbonyl (C=O) groups is 2. The Morgan fingerprint density at radius 2 is 1.85 bits per heavy atom. The Morgan fingerprint density at radius 3 is 2.52 bits per heavy atom. The van der Waals surface area contributed by atoms with Crippen LogP contribution >= 0.6 is 11.3 Å². The second-order valence-electron chi connectivity index (χ2n) is 7.43. The summed E-state index contributed by atoms with van der Waals surface area (Å²) in [6.07, 6.45) is 0.394. The minimum Gasteiger partial charge on any atom is -0.503 e. The van der Waals surface area contributed by atoms with Crippen LogP contribution in [0.2, 0.25) is 0 Å². The maximum absolute atomic E-state index is 14.8. The molecule has 170 valence electrons. The number of nitrogens with zero attached hydrogens (tertiary/aromatic N) is 1. The number of ether oxygens (including phenoxy) is 2. The van der Waals surface area contributed by atoms with E-state index in [0.717, 1.165) is 5.56 Å². The van der Waals surface area contributed by atoms with Crippen molar-refractivity contribution in [2.24, 2.45) is 0 Å². The second-order valence-corrected chi connectivity index (χ2v) is 8.38. The van der Waals surface area contributed by atoms with Crippen LogP contribution in [0.4, 0.5) is 4.39 Å². The van der Waals surface area contributed by atoms with Crippen molar-refractivity contribution in [3.63, 3.8) is 0 Å². The van der Waals surface area contributed by atoms with Crippen LogP contribution in [0.25, 0.3) is 0 Å². The molecule has 0 fully saturated rings.